The van der Waals surface area contributed by atoms with Crippen molar-refractivity contribution < 1.29 is 28.7 Å². The smallest absolute Gasteiger partial charge is 0.260 e. The molecule has 8 nitrogen and oxygen atoms in total. The highest BCUT2D eigenvalue weighted by atomic mass is 79.9. The molecule has 1 saturated carbocycles. The fourth-order valence-corrected chi connectivity index (χ4v) is 9.12. The van der Waals surface area contributed by atoms with Crippen molar-refractivity contribution in [3.05, 3.63) is 135 Å². The fourth-order valence-electron chi connectivity index (χ4n) is 8.73. The Morgan fingerprint density at radius 1 is 0.880 bits per heavy atom. The van der Waals surface area contributed by atoms with Gasteiger partial charge < -0.3 is 5.11 Å². The maximum absolute atomic E-state index is 15.2. The van der Waals surface area contributed by atoms with Crippen LogP contribution in [0.1, 0.15) is 35.4 Å². The second-order valence-electron chi connectivity index (χ2n) is 13.4. The van der Waals surface area contributed by atoms with E-state index in [1.807, 2.05) is 12.1 Å². The molecule has 0 spiro atoms. The van der Waals surface area contributed by atoms with Crippen LogP contribution in [-0.2, 0) is 24.6 Å². The zero-order valence-corrected chi connectivity index (χ0v) is 29.0. The largest absolute Gasteiger partial charge is 0.508 e. The molecule has 6 unspecified atom stereocenters. The molecule has 50 heavy (non-hydrogen) atoms. The topological polar surface area (TPSA) is 107 Å². The van der Waals surface area contributed by atoms with E-state index >= 15 is 4.79 Å². The first-order valence-corrected chi connectivity index (χ1v) is 17.5. The van der Waals surface area contributed by atoms with Gasteiger partial charge in [-0.25, -0.2) is 4.39 Å². The van der Waals surface area contributed by atoms with Gasteiger partial charge in [-0.15, -0.1) is 0 Å². The second-order valence-corrected chi connectivity index (χ2v) is 14.8. The lowest BCUT2D eigenvalue weighted by atomic mass is 9.49. The molecule has 6 atom stereocenters. The van der Waals surface area contributed by atoms with Gasteiger partial charge in [0.1, 0.15) is 11.6 Å². The van der Waals surface area contributed by atoms with Crippen molar-refractivity contribution in [2.45, 2.75) is 31.1 Å². The number of carbonyl (C=O) groups is 4. The zero-order valence-electron chi connectivity index (χ0n) is 26.6. The lowest BCUT2D eigenvalue weighted by Crippen LogP contribution is -2.53. The number of hydrazine groups is 1. The summed E-state index contributed by atoms with van der Waals surface area (Å²) in [6.07, 6.45) is 2.39. The number of nitrogens with one attached hydrogen (secondary N) is 1. The molecule has 0 bridgehead atoms. The average Bonchev–Trinajstić information content (AvgIpc) is 3.48. The SMILES string of the molecule is Cc1cc(C2C3=CCC4C(=O)N(c5ccc(Br)cc5)C(=O)C4C3CC3C(=O)N(Nc4ccc(F)cc4)C(=O)C32c2ccc(Cl)cc2)ccc1O. The molecular weight excluding hydrogens is 725 g/mol. The van der Waals surface area contributed by atoms with Gasteiger partial charge >= 0.3 is 0 Å². The number of rotatable bonds is 5. The van der Waals surface area contributed by atoms with Gasteiger partial charge in [0.25, 0.3) is 11.8 Å². The second kappa shape index (κ2) is 11.9. The van der Waals surface area contributed by atoms with E-state index in [1.54, 1.807) is 67.6 Å². The standard InChI is InChI=1S/C39H30BrClFN3O5/c1-20-18-21(2-17-32(20)46)34-28-15-16-29-33(37(49)44(35(29)47)27-13-5-23(40)6-14-27)30(28)19-31-36(48)45(43-26-11-9-25(42)10-12-26)38(50)39(31,34)22-3-7-24(41)8-4-22/h2-15,17-18,29-31,33-34,43,46H,16,19H2,1H3. The Morgan fingerprint density at radius 3 is 2.26 bits per heavy atom. The quantitative estimate of drug-likeness (QED) is 0.162. The third-order valence-electron chi connectivity index (χ3n) is 10.9. The molecule has 11 heteroatoms. The van der Waals surface area contributed by atoms with Crippen molar-refractivity contribution >= 4 is 62.5 Å². The summed E-state index contributed by atoms with van der Waals surface area (Å²) in [4.78, 5) is 59.5. The van der Waals surface area contributed by atoms with Crippen LogP contribution in [0, 0.1) is 36.4 Å². The molecule has 4 aromatic rings. The van der Waals surface area contributed by atoms with Gasteiger partial charge in [0.15, 0.2) is 0 Å². The first-order chi connectivity index (χ1) is 24.0. The number of carbonyl (C=O) groups excluding carboxylic acids is 4. The van der Waals surface area contributed by atoms with Crippen LogP contribution in [0.2, 0.25) is 5.02 Å². The van der Waals surface area contributed by atoms with Crippen molar-refractivity contribution in [1.82, 2.24) is 5.01 Å². The van der Waals surface area contributed by atoms with Crippen molar-refractivity contribution in [3.63, 3.8) is 0 Å². The molecule has 4 amide bonds. The normalized spacial score (nSPS) is 27.2. The number of benzene rings is 4. The number of amides is 4. The number of fused-ring (bicyclic) bond motifs is 4. The number of aromatic hydroxyl groups is 1. The molecule has 2 heterocycles. The van der Waals surface area contributed by atoms with Crippen molar-refractivity contribution in [2.24, 2.45) is 23.7 Å². The summed E-state index contributed by atoms with van der Waals surface area (Å²) < 4.78 is 14.6. The van der Waals surface area contributed by atoms with Crippen LogP contribution in [0.4, 0.5) is 15.8 Å². The molecule has 2 aliphatic carbocycles. The van der Waals surface area contributed by atoms with Gasteiger partial charge in [-0.2, -0.15) is 5.01 Å². The molecule has 3 fully saturated rings. The van der Waals surface area contributed by atoms with Gasteiger partial charge in [0.2, 0.25) is 11.8 Å². The highest BCUT2D eigenvalue weighted by Crippen LogP contribution is 2.64. The Kier molecular flexibility index (Phi) is 7.72. The minimum Gasteiger partial charge on any atom is -0.508 e. The highest BCUT2D eigenvalue weighted by molar-refractivity contribution is 9.10. The van der Waals surface area contributed by atoms with Crippen LogP contribution in [0.25, 0.3) is 0 Å². The average molecular weight is 755 g/mol. The summed E-state index contributed by atoms with van der Waals surface area (Å²) in [7, 11) is 0. The number of anilines is 2. The van der Waals surface area contributed by atoms with Gasteiger partial charge in [-0.05, 0) is 109 Å². The lowest BCUT2D eigenvalue weighted by molar-refractivity contribution is -0.138. The van der Waals surface area contributed by atoms with E-state index < -0.39 is 52.6 Å². The minimum atomic E-state index is -1.50. The van der Waals surface area contributed by atoms with Crippen LogP contribution >= 0.6 is 27.5 Å². The van der Waals surface area contributed by atoms with Gasteiger partial charge in [0.05, 0.1) is 34.5 Å². The van der Waals surface area contributed by atoms with E-state index in [4.69, 9.17) is 11.6 Å². The van der Waals surface area contributed by atoms with Crippen LogP contribution in [0.15, 0.2) is 107 Å². The number of aryl methyl sites for hydroxylation is 1. The number of allylic oxidation sites excluding steroid dienone is 2. The van der Waals surface area contributed by atoms with Crippen LogP contribution in [0.3, 0.4) is 0 Å². The molecule has 0 radical (unpaired) electrons. The maximum Gasteiger partial charge on any atom is 0.260 e. The zero-order chi connectivity index (χ0) is 35.1. The molecule has 2 aliphatic heterocycles. The molecular formula is C39H30BrClFN3O5. The van der Waals surface area contributed by atoms with E-state index in [0.29, 0.717) is 33.1 Å². The summed E-state index contributed by atoms with van der Waals surface area (Å²) in [5.74, 6) is -5.69. The van der Waals surface area contributed by atoms with E-state index in [2.05, 4.69) is 21.4 Å². The van der Waals surface area contributed by atoms with Crippen molar-refractivity contribution in [1.29, 1.82) is 0 Å². The third-order valence-corrected chi connectivity index (χ3v) is 11.7. The van der Waals surface area contributed by atoms with Gasteiger partial charge in [-0.3, -0.25) is 29.5 Å². The predicted octanol–water partition coefficient (Wildman–Crippen LogP) is 7.45. The fraction of sp³-hybridized carbons (Fsp3) is 0.231. The van der Waals surface area contributed by atoms with E-state index in [1.165, 1.54) is 29.2 Å². The first kappa shape index (κ1) is 32.4. The summed E-state index contributed by atoms with van der Waals surface area (Å²) in [5, 5.41) is 12.0. The molecule has 4 aliphatic rings. The first-order valence-electron chi connectivity index (χ1n) is 16.3. The minimum absolute atomic E-state index is 0.0750. The summed E-state index contributed by atoms with van der Waals surface area (Å²) in [5.41, 5.74) is 4.89. The third kappa shape index (κ3) is 4.75. The van der Waals surface area contributed by atoms with Crippen molar-refractivity contribution in [2.75, 3.05) is 10.3 Å². The monoisotopic (exact) mass is 753 g/mol. The van der Waals surface area contributed by atoms with Crippen LogP contribution < -0.4 is 10.3 Å². The molecule has 252 valence electrons. The number of imide groups is 2. The number of halogens is 3. The van der Waals surface area contributed by atoms with E-state index in [0.717, 1.165) is 15.1 Å². The summed E-state index contributed by atoms with van der Waals surface area (Å²) in [6.45, 7) is 1.76. The Bertz CT molecular complexity index is 2120. The molecule has 4 aromatic carbocycles. The Morgan fingerprint density at radius 2 is 1.58 bits per heavy atom. The highest BCUT2D eigenvalue weighted by Gasteiger charge is 2.70. The lowest BCUT2D eigenvalue weighted by Gasteiger charge is -2.50. The number of nitrogens with zero attached hydrogens (tertiary/aromatic N) is 2. The number of hydrogen-bond donors (Lipinski definition) is 2. The Hall–Kier alpha value is -4.80. The van der Waals surface area contributed by atoms with Crippen LogP contribution in [0.5, 0.6) is 5.75 Å². The Labute approximate surface area is 300 Å². The molecule has 2 N–H and O–H groups in total. The van der Waals surface area contributed by atoms with Crippen LogP contribution in [-0.4, -0.2) is 33.7 Å². The van der Waals surface area contributed by atoms with E-state index in [-0.39, 0.29) is 30.4 Å². The predicted molar refractivity (Wildman–Crippen MR) is 189 cm³/mol. The molecule has 2 saturated heterocycles. The number of phenolic OH excluding ortho intramolecular Hbond substituents is 1. The summed E-state index contributed by atoms with van der Waals surface area (Å²) >= 11 is 9.77. The molecule has 8 rings (SSSR count). The van der Waals surface area contributed by atoms with E-state index in [9.17, 15) is 23.9 Å². The maximum atomic E-state index is 15.2. The number of phenols is 1. The number of hydrogen-bond acceptors (Lipinski definition) is 6. The van der Waals surface area contributed by atoms with Crippen molar-refractivity contribution in [3.8, 4) is 5.75 Å². The molecule has 0 aromatic heterocycles. The summed E-state index contributed by atoms with van der Waals surface area (Å²) in [6, 6.07) is 24.4. The Balaban J connectivity index is 1.32. The van der Waals surface area contributed by atoms with Gasteiger partial charge in [-0.1, -0.05) is 63.4 Å². The van der Waals surface area contributed by atoms with Gasteiger partial charge in [0, 0.05) is 15.4 Å².